The Bertz CT molecular complexity index is 316. The summed E-state index contributed by atoms with van der Waals surface area (Å²) in [4.78, 5) is 0. The molecule has 84 valence electrons. The Morgan fingerprint density at radius 3 is 2.60 bits per heavy atom. The van der Waals surface area contributed by atoms with E-state index in [1.807, 2.05) is 12.1 Å². The lowest BCUT2D eigenvalue weighted by atomic mass is 10.2. The highest BCUT2D eigenvalue weighted by molar-refractivity contribution is 9.10. The molecule has 0 aliphatic rings. The molecule has 0 heterocycles. The molecular weight excluding hydrogens is 262 g/mol. The van der Waals surface area contributed by atoms with E-state index < -0.39 is 0 Å². The number of anilines is 1. The van der Waals surface area contributed by atoms with Crippen molar-refractivity contribution in [1.82, 2.24) is 0 Å². The average molecular weight is 276 g/mol. The Morgan fingerprint density at radius 2 is 2.07 bits per heavy atom. The fraction of sp³-hybridized carbons (Fsp3) is 0.400. The summed E-state index contributed by atoms with van der Waals surface area (Å²) in [5, 5.41) is 20.9. The third kappa shape index (κ3) is 3.37. The van der Waals surface area contributed by atoms with Crippen molar-refractivity contribution in [3.63, 3.8) is 0 Å². The lowest BCUT2D eigenvalue weighted by Crippen LogP contribution is -2.27. The molecule has 1 aromatic rings. The van der Waals surface area contributed by atoms with E-state index >= 15 is 0 Å². The molecule has 0 saturated carbocycles. The number of aliphatic hydroxyl groups excluding tert-OH is 2. The minimum atomic E-state index is -0.381. The van der Waals surface area contributed by atoms with Crippen LogP contribution in [0.15, 0.2) is 22.7 Å². The minimum Gasteiger partial charge on any atom is -0.495 e. The molecule has 0 aliphatic carbocycles. The molecule has 1 aromatic carbocycles. The Labute approximate surface area is 97.0 Å². The summed E-state index contributed by atoms with van der Waals surface area (Å²) in [5.74, 6) is 0.671. The lowest BCUT2D eigenvalue weighted by molar-refractivity contribution is 0.203. The summed E-state index contributed by atoms with van der Waals surface area (Å²) in [6, 6.07) is 5.11. The summed E-state index contributed by atoms with van der Waals surface area (Å²) < 4.78 is 6.05. The van der Waals surface area contributed by atoms with Crippen LogP contribution in [-0.2, 0) is 0 Å². The van der Waals surface area contributed by atoms with E-state index in [0.29, 0.717) is 5.75 Å². The Hall–Kier alpha value is -0.780. The molecule has 0 spiro atoms. The molecular formula is C10H14BrNO3. The first-order chi connectivity index (χ1) is 7.21. The molecule has 0 fully saturated rings. The van der Waals surface area contributed by atoms with Crippen molar-refractivity contribution in [3.05, 3.63) is 22.7 Å². The Balaban J connectivity index is 2.86. The second-order valence-electron chi connectivity index (χ2n) is 3.05. The van der Waals surface area contributed by atoms with Crippen molar-refractivity contribution in [2.45, 2.75) is 6.04 Å². The molecule has 0 aliphatic heterocycles. The van der Waals surface area contributed by atoms with Crippen LogP contribution >= 0.6 is 15.9 Å². The van der Waals surface area contributed by atoms with Crippen LogP contribution < -0.4 is 10.1 Å². The zero-order chi connectivity index (χ0) is 11.3. The summed E-state index contributed by atoms with van der Waals surface area (Å²) in [6.45, 7) is -0.266. The van der Waals surface area contributed by atoms with Gasteiger partial charge in [-0.05, 0) is 18.2 Å². The molecule has 0 atom stereocenters. The van der Waals surface area contributed by atoms with E-state index in [2.05, 4.69) is 21.2 Å². The van der Waals surface area contributed by atoms with Crippen molar-refractivity contribution >= 4 is 21.6 Å². The number of aliphatic hydroxyl groups is 2. The fourth-order valence-corrected chi connectivity index (χ4v) is 1.52. The third-order valence-electron chi connectivity index (χ3n) is 1.96. The van der Waals surface area contributed by atoms with Gasteiger partial charge in [0.2, 0.25) is 0 Å². The maximum Gasteiger partial charge on any atom is 0.142 e. The Morgan fingerprint density at radius 1 is 1.40 bits per heavy atom. The molecule has 0 radical (unpaired) electrons. The van der Waals surface area contributed by atoms with E-state index in [1.165, 1.54) is 0 Å². The molecule has 0 saturated heterocycles. The molecule has 15 heavy (non-hydrogen) atoms. The molecule has 0 aromatic heterocycles. The topological polar surface area (TPSA) is 61.7 Å². The van der Waals surface area contributed by atoms with Crippen LogP contribution in [0.25, 0.3) is 0 Å². The van der Waals surface area contributed by atoms with E-state index in [0.717, 1.165) is 10.2 Å². The maximum atomic E-state index is 8.95. The number of methoxy groups -OCH3 is 1. The van der Waals surface area contributed by atoms with Gasteiger partial charge in [-0.2, -0.15) is 0 Å². The first-order valence-electron chi connectivity index (χ1n) is 4.53. The normalized spacial score (nSPS) is 10.5. The summed E-state index contributed by atoms with van der Waals surface area (Å²) in [5.41, 5.74) is 0.736. The molecule has 4 nitrogen and oxygen atoms in total. The highest BCUT2D eigenvalue weighted by Gasteiger charge is 2.09. The summed E-state index contributed by atoms with van der Waals surface area (Å²) in [7, 11) is 1.57. The number of ether oxygens (including phenoxy) is 1. The van der Waals surface area contributed by atoms with Crippen LogP contribution in [0.2, 0.25) is 0 Å². The smallest absolute Gasteiger partial charge is 0.142 e. The lowest BCUT2D eigenvalue weighted by Gasteiger charge is -2.17. The second-order valence-corrected chi connectivity index (χ2v) is 3.97. The number of hydrogen-bond donors (Lipinski definition) is 3. The van der Waals surface area contributed by atoms with Crippen LogP contribution in [-0.4, -0.2) is 36.6 Å². The Kier molecular flexibility index (Phi) is 4.87. The monoisotopic (exact) mass is 275 g/mol. The van der Waals surface area contributed by atoms with Crippen molar-refractivity contribution in [2.75, 3.05) is 25.6 Å². The predicted octanol–water partition coefficient (Wildman–Crippen LogP) is 1.22. The average Bonchev–Trinajstić information content (AvgIpc) is 2.26. The van der Waals surface area contributed by atoms with Crippen LogP contribution in [0.4, 0.5) is 5.69 Å². The third-order valence-corrected chi connectivity index (χ3v) is 2.46. The van der Waals surface area contributed by atoms with Gasteiger partial charge in [-0.15, -0.1) is 0 Å². The van der Waals surface area contributed by atoms with Gasteiger partial charge in [0, 0.05) is 4.47 Å². The van der Waals surface area contributed by atoms with Crippen LogP contribution in [0.1, 0.15) is 0 Å². The largest absolute Gasteiger partial charge is 0.495 e. The molecule has 1 rings (SSSR count). The SMILES string of the molecule is COc1ccc(Br)cc1NC(CO)CO. The van der Waals surface area contributed by atoms with E-state index in [1.54, 1.807) is 13.2 Å². The summed E-state index contributed by atoms with van der Waals surface area (Å²) in [6.07, 6.45) is 0. The van der Waals surface area contributed by atoms with Crippen LogP contribution in [0.3, 0.4) is 0 Å². The molecule has 3 N–H and O–H groups in total. The second kappa shape index (κ2) is 5.95. The minimum absolute atomic E-state index is 0.133. The summed E-state index contributed by atoms with van der Waals surface area (Å²) >= 11 is 3.34. The van der Waals surface area contributed by atoms with Crippen molar-refractivity contribution in [3.8, 4) is 5.75 Å². The first-order valence-corrected chi connectivity index (χ1v) is 5.32. The standard InChI is InChI=1S/C10H14BrNO3/c1-15-10-3-2-7(11)4-9(10)12-8(5-13)6-14/h2-4,8,12-14H,5-6H2,1H3. The number of nitrogens with one attached hydrogen (secondary N) is 1. The van der Waals surface area contributed by atoms with Crippen LogP contribution in [0, 0.1) is 0 Å². The van der Waals surface area contributed by atoms with E-state index in [9.17, 15) is 0 Å². The van der Waals surface area contributed by atoms with Gasteiger partial charge in [0.15, 0.2) is 0 Å². The van der Waals surface area contributed by atoms with Gasteiger partial charge in [0.1, 0.15) is 5.75 Å². The van der Waals surface area contributed by atoms with Crippen molar-refractivity contribution in [2.24, 2.45) is 0 Å². The van der Waals surface area contributed by atoms with Crippen molar-refractivity contribution in [1.29, 1.82) is 0 Å². The van der Waals surface area contributed by atoms with E-state index in [-0.39, 0.29) is 19.3 Å². The van der Waals surface area contributed by atoms with Gasteiger partial charge in [0.05, 0.1) is 32.1 Å². The van der Waals surface area contributed by atoms with Crippen molar-refractivity contribution < 1.29 is 14.9 Å². The molecule has 0 unspecified atom stereocenters. The zero-order valence-corrected chi connectivity index (χ0v) is 9.99. The highest BCUT2D eigenvalue weighted by Crippen LogP contribution is 2.28. The van der Waals surface area contributed by atoms with Gasteiger partial charge < -0.3 is 20.3 Å². The maximum absolute atomic E-state index is 8.95. The molecule has 0 amide bonds. The first kappa shape index (κ1) is 12.3. The molecule has 5 heteroatoms. The number of rotatable bonds is 5. The number of halogens is 1. The highest BCUT2D eigenvalue weighted by atomic mass is 79.9. The zero-order valence-electron chi connectivity index (χ0n) is 8.40. The van der Waals surface area contributed by atoms with Crippen LogP contribution in [0.5, 0.6) is 5.75 Å². The van der Waals surface area contributed by atoms with Gasteiger partial charge >= 0.3 is 0 Å². The molecule has 0 bridgehead atoms. The van der Waals surface area contributed by atoms with Gasteiger partial charge in [-0.1, -0.05) is 15.9 Å². The number of benzene rings is 1. The van der Waals surface area contributed by atoms with Gasteiger partial charge in [-0.3, -0.25) is 0 Å². The van der Waals surface area contributed by atoms with E-state index in [4.69, 9.17) is 14.9 Å². The van der Waals surface area contributed by atoms with Gasteiger partial charge in [-0.25, -0.2) is 0 Å². The fourth-order valence-electron chi connectivity index (χ4n) is 1.16. The quantitative estimate of drug-likeness (QED) is 0.756. The van der Waals surface area contributed by atoms with Gasteiger partial charge in [0.25, 0.3) is 0 Å². The number of hydrogen-bond acceptors (Lipinski definition) is 4. The predicted molar refractivity (Wildman–Crippen MR) is 62.3 cm³/mol.